The van der Waals surface area contributed by atoms with Gasteiger partial charge in [0.05, 0.1) is 6.04 Å². The Morgan fingerprint density at radius 1 is 1.38 bits per heavy atom. The van der Waals surface area contributed by atoms with Gasteiger partial charge in [-0.05, 0) is 30.9 Å². The van der Waals surface area contributed by atoms with Crippen LogP contribution in [0.4, 0.5) is 0 Å². The monoisotopic (exact) mass is 283 g/mol. The summed E-state index contributed by atoms with van der Waals surface area (Å²) < 4.78 is 0. The van der Waals surface area contributed by atoms with Crippen molar-refractivity contribution in [3.63, 3.8) is 0 Å². The van der Waals surface area contributed by atoms with E-state index in [1.807, 2.05) is 30.5 Å². The van der Waals surface area contributed by atoms with Crippen molar-refractivity contribution < 1.29 is 4.79 Å². The summed E-state index contributed by atoms with van der Waals surface area (Å²) >= 11 is 0. The molecule has 110 valence electrons. The normalized spacial score (nSPS) is 12.0. The topological polar surface area (TPSA) is 70.9 Å². The lowest BCUT2D eigenvalue weighted by atomic mass is 10.1. The summed E-state index contributed by atoms with van der Waals surface area (Å²) in [6, 6.07) is 7.47. The highest BCUT2D eigenvalue weighted by Crippen LogP contribution is 2.18. The van der Waals surface area contributed by atoms with Crippen molar-refractivity contribution in [2.45, 2.75) is 31.7 Å². The lowest BCUT2D eigenvalue weighted by Crippen LogP contribution is -2.42. The number of amides is 1. The van der Waals surface area contributed by atoms with Gasteiger partial charge in [0.1, 0.15) is 0 Å². The Morgan fingerprint density at radius 3 is 3.00 bits per heavy atom. The largest absolute Gasteiger partial charge is 0.361 e. The van der Waals surface area contributed by atoms with E-state index in [1.165, 1.54) is 0 Å². The van der Waals surface area contributed by atoms with Gasteiger partial charge in [-0.1, -0.05) is 18.2 Å². The van der Waals surface area contributed by atoms with Gasteiger partial charge in [-0.3, -0.25) is 4.79 Å². The number of benzene rings is 1. The average molecular weight is 283 g/mol. The predicted octanol–water partition coefficient (Wildman–Crippen LogP) is 1.96. The lowest BCUT2D eigenvalue weighted by molar-refractivity contribution is -0.122. The standard InChI is InChI=1S/C17H21N3O/c1-2-3-4-7-10-19-17(21)15(18)11-13-12-20-16-9-6-5-8-14(13)16/h1,5-6,8-9,12,15,20H,3-4,7,10-11,18H2,(H,19,21)/t15-/m0/s1. The minimum absolute atomic E-state index is 0.110. The molecule has 0 saturated carbocycles. The van der Waals surface area contributed by atoms with Crippen LogP contribution in [0.3, 0.4) is 0 Å². The molecule has 4 nitrogen and oxygen atoms in total. The quantitative estimate of drug-likeness (QED) is 0.537. The molecule has 0 aliphatic rings. The molecule has 0 spiro atoms. The first-order valence-corrected chi connectivity index (χ1v) is 7.24. The van der Waals surface area contributed by atoms with E-state index in [0.717, 1.165) is 35.7 Å². The van der Waals surface area contributed by atoms with Gasteiger partial charge in [0.2, 0.25) is 5.91 Å². The molecular formula is C17H21N3O. The maximum atomic E-state index is 12.0. The van der Waals surface area contributed by atoms with Crippen LogP contribution in [0.2, 0.25) is 0 Å². The van der Waals surface area contributed by atoms with Crippen LogP contribution in [0.5, 0.6) is 0 Å². The first-order chi connectivity index (χ1) is 10.2. The second-order valence-electron chi connectivity index (χ2n) is 5.12. The van der Waals surface area contributed by atoms with Gasteiger partial charge < -0.3 is 16.0 Å². The van der Waals surface area contributed by atoms with Crippen molar-refractivity contribution in [2.75, 3.05) is 6.54 Å². The van der Waals surface area contributed by atoms with Crippen LogP contribution in [0.1, 0.15) is 24.8 Å². The van der Waals surface area contributed by atoms with Gasteiger partial charge in [-0.25, -0.2) is 0 Å². The fraction of sp³-hybridized carbons (Fsp3) is 0.353. The predicted molar refractivity (Wildman–Crippen MR) is 85.7 cm³/mol. The molecule has 1 amide bonds. The SMILES string of the molecule is C#CCCCCNC(=O)[C@@H](N)Cc1c[nH]c2ccccc12. The van der Waals surface area contributed by atoms with E-state index in [0.29, 0.717) is 13.0 Å². The number of hydrogen-bond donors (Lipinski definition) is 3. The first kappa shape index (κ1) is 15.1. The van der Waals surface area contributed by atoms with Crippen molar-refractivity contribution in [1.29, 1.82) is 0 Å². The summed E-state index contributed by atoms with van der Waals surface area (Å²) in [6.07, 6.45) is 10.2. The van der Waals surface area contributed by atoms with Gasteiger partial charge in [0.15, 0.2) is 0 Å². The van der Waals surface area contributed by atoms with Crippen LogP contribution in [-0.4, -0.2) is 23.5 Å². The van der Waals surface area contributed by atoms with Crippen molar-refractivity contribution in [2.24, 2.45) is 5.73 Å². The Kier molecular flexibility index (Phi) is 5.42. The smallest absolute Gasteiger partial charge is 0.237 e. The number of aromatic amines is 1. The molecular weight excluding hydrogens is 262 g/mol. The van der Waals surface area contributed by atoms with Crippen molar-refractivity contribution >= 4 is 16.8 Å². The lowest BCUT2D eigenvalue weighted by Gasteiger charge is -2.11. The molecule has 0 fully saturated rings. The number of terminal acetylenes is 1. The van der Waals surface area contributed by atoms with Crippen LogP contribution in [-0.2, 0) is 11.2 Å². The second kappa shape index (κ2) is 7.51. The number of nitrogens with two attached hydrogens (primary N) is 1. The molecule has 2 rings (SSSR count). The highest BCUT2D eigenvalue weighted by molar-refractivity contribution is 5.86. The number of carbonyl (C=O) groups excluding carboxylic acids is 1. The zero-order chi connectivity index (χ0) is 15.1. The Labute approximate surface area is 125 Å². The molecule has 1 aromatic carbocycles. The highest BCUT2D eigenvalue weighted by atomic mass is 16.2. The summed E-state index contributed by atoms with van der Waals surface area (Å²) in [5.41, 5.74) is 8.12. The van der Waals surface area contributed by atoms with E-state index in [-0.39, 0.29) is 5.91 Å². The molecule has 1 aromatic heterocycles. The maximum Gasteiger partial charge on any atom is 0.237 e. The molecule has 0 bridgehead atoms. The molecule has 0 radical (unpaired) electrons. The van der Waals surface area contributed by atoms with Crippen molar-refractivity contribution in [1.82, 2.24) is 10.3 Å². The molecule has 4 N–H and O–H groups in total. The Balaban J connectivity index is 1.85. The summed E-state index contributed by atoms with van der Waals surface area (Å²) in [5, 5.41) is 3.98. The van der Waals surface area contributed by atoms with Crippen LogP contribution in [0.15, 0.2) is 30.5 Å². The van der Waals surface area contributed by atoms with Gasteiger partial charge in [0, 0.05) is 30.1 Å². The first-order valence-electron chi connectivity index (χ1n) is 7.24. The summed E-state index contributed by atoms with van der Waals surface area (Å²) in [7, 11) is 0. The van der Waals surface area contributed by atoms with E-state index < -0.39 is 6.04 Å². The fourth-order valence-corrected chi connectivity index (χ4v) is 2.32. The van der Waals surface area contributed by atoms with E-state index in [1.54, 1.807) is 0 Å². The van der Waals surface area contributed by atoms with E-state index in [9.17, 15) is 4.79 Å². The fourth-order valence-electron chi connectivity index (χ4n) is 2.32. The number of rotatable bonds is 7. The number of hydrogen-bond acceptors (Lipinski definition) is 2. The van der Waals surface area contributed by atoms with E-state index in [2.05, 4.69) is 16.2 Å². The number of fused-ring (bicyclic) bond motifs is 1. The molecule has 1 heterocycles. The summed E-state index contributed by atoms with van der Waals surface area (Å²) in [6.45, 7) is 0.627. The molecule has 0 aliphatic heterocycles. The van der Waals surface area contributed by atoms with Crippen molar-refractivity contribution in [3.8, 4) is 12.3 Å². The third-order valence-electron chi connectivity index (χ3n) is 3.50. The average Bonchev–Trinajstić information content (AvgIpc) is 2.90. The number of para-hydroxylation sites is 1. The molecule has 1 atom stereocenters. The number of carbonyl (C=O) groups is 1. The Bertz CT molecular complexity index is 639. The number of nitrogens with one attached hydrogen (secondary N) is 2. The second-order valence-corrected chi connectivity index (χ2v) is 5.12. The molecule has 0 unspecified atom stereocenters. The molecule has 2 aromatic rings. The Morgan fingerprint density at radius 2 is 2.19 bits per heavy atom. The zero-order valence-electron chi connectivity index (χ0n) is 12.1. The van der Waals surface area contributed by atoms with Crippen LogP contribution in [0.25, 0.3) is 10.9 Å². The third kappa shape index (κ3) is 4.11. The van der Waals surface area contributed by atoms with E-state index in [4.69, 9.17) is 12.2 Å². The summed E-state index contributed by atoms with van der Waals surface area (Å²) in [4.78, 5) is 15.1. The molecule has 4 heteroatoms. The van der Waals surface area contributed by atoms with Crippen LogP contribution in [0, 0.1) is 12.3 Å². The van der Waals surface area contributed by atoms with E-state index >= 15 is 0 Å². The van der Waals surface area contributed by atoms with Gasteiger partial charge in [0.25, 0.3) is 0 Å². The minimum Gasteiger partial charge on any atom is -0.361 e. The third-order valence-corrected chi connectivity index (χ3v) is 3.50. The molecule has 21 heavy (non-hydrogen) atoms. The summed E-state index contributed by atoms with van der Waals surface area (Å²) in [5.74, 6) is 2.47. The van der Waals surface area contributed by atoms with Gasteiger partial charge >= 0.3 is 0 Å². The molecule has 0 aliphatic carbocycles. The maximum absolute atomic E-state index is 12.0. The van der Waals surface area contributed by atoms with Crippen LogP contribution < -0.4 is 11.1 Å². The minimum atomic E-state index is -0.531. The van der Waals surface area contributed by atoms with Crippen LogP contribution >= 0.6 is 0 Å². The van der Waals surface area contributed by atoms with Crippen molar-refractivity contribution in [3.05, 3.63) is 36.0 Å². The number of H-pyrrole nitrogens is 1. The zero-order valence-corrected chi connectivity index (χ0v) is 12.1. The van der Waals surface area contributed by atoms with Gasteiger partial charge in [-0.2, -0.15) is 0 Å². The van der Waals surface area contributed by atoms with Gasteiger partial charge in [-0.15, -0.1) is 12.3 Å². The number of unbranched alkanes of at least 4 members (excludes halogenated alkanes) is 2. The highest BCUT2D eigenvalue weighted by Gasteiger charge is 2.15. The molecule has 0 saturated heterocycles. The number of aromatic nitrogens is 1. The Hall–Kier alpha value is -2.25.